The fourth-order valence-electron chi connectivity index (χ4n) is 2.15. The minimum atomic E-state index is 0.344. The summed E-state index contributed by atoms with van der Waals surface area (Å²) in [6.45, 7) is 4.39. The van der Waals surface area contributed by atoms with Crippen molar-refractivity contribution in [3.63, 3.8) is 0 Å². The van der Waals surface area contributed by atoms with Gasteiger partial charge in [0.05, 0.1) is 13.2 Å². The standard InChI is InChI=1S/C9H17NO2/c10-7-9(8-5-12-6-8)1-3-11-4-2-9/h8H,1-7,10H2. The first-order chi connectivity index (χ1) is 5.87. The molecule has 0 radical (unpaired) electrons. The number of ether oxygens (including phenoxy) is 2. The number of nitrogens with two attached hydrogens (primary N) is 1. The average molecular weight is 171 g/mol. The normalized spacial score (nSPS) is 29.8. The Labute approximate surface area is 73.2 Å². The summed E-state index contributed by atoms with van der Waals surface area (Å²) in [5.41, 5.74) is 6.18. The Bertz CT molecular complexity index is 151. The molecule has 2 aliphatic heterocycles. The molecule has 12 heavy (non-hydrogen) atoms. The van der Waals surface area contributed by atoms with Gasteiger partial charge in [-0.2, -0.15) is 0 Å². The van der Waals surface area contributed by atoms with Gasteiger partial charge in [0.25, 0.3) is 0 Å². The Hall–Kier alpha value is -0.120. The van der Waals surface area contributed by atoms with Crippen LogP contribution in [0.4, 0.5) is 0 Å². The van der Waals surface area contributed by atoms with Crippen molar-refractivity contribution in [2.45, 2.75) is 12.8 Å². The van der Waals surface area contributed by atoms with Crippen LogP contribution in [0.2, 0.25) is 0 Å². The third kappa shape index (κ3) is 1.26. The summed E-state index contributed by atoms with van der Waals surface area (Å²) in [5.74, 6) is 0.700. The lowest BCUT2D eigenvalue weighted by Gasteiger charge is -2.46. The van der Waals surface area contributed by atoms with Crippen LogP contribution in [0.5, 0.6) is 0 Å². The minimum Gasteiger partial charge on any atom is -0.381 e. The van der Waals surface area contributed by atoms with E-state index >= 15 is 0 Å². The van der Waals surface area contributed by atoms with E-state index in [2.05, 4.69) is 0 Å². The Morgan fingerprint density at radius 2 is 1.83 bits per heavy atom. The molecule has 3 heteroatoms. The maximum absolute atomic E-state index is 5.84. The molecule has 70 valence electrons. The zero-order valence-electron chi connectivity index (χ0n) is 7.42. The van der Waals surface area contributed by atoms with Crippen LogP contribution >= 0.6 is 0 Å². The maximum atomic E-state index is 5.84. The number of hydrogen-bond acceptors (Lipinski definition) is 3. The summed E-state index contributed by atoms with van der Waals surface area (Å²) in [5, 5.41) is 0. The molecule has 0 amide bonds. The summed E-state index contributed by atoms with van der Waals surface area (Å²) in [6, 6.07) is 0. The van der Waals surface area contributed by atoms with Crippen LogP contribution in [0.15, 0.2) is 0 Å². The van der Waals surface area contributed by atoms with E-state index in [1.807, 2.05) is 0 Å². The molecule has 2 aliphatic rings. The molecule has 0 unspecified atom stereocenters. The molecule has 0 saturated carbocycles. The third-order valence-corrected chi connectivity index (χ3v) is 3.40. The van der Waals surface area contributed by atoms with Crippen molar-refractivity contribution in [1.29, 1.82) is 0 Å². The molecular weight excluding hydrogens is 154 g/mol. The maximum Gasteiger partial charge on any atom is 0.0522 e. The molecule has 2 rings (SSSR count). The monoisotopic (exact) mass is 171 g/mol. The van der Waals surface area contributed by atoms with Crippen molar-refractivity contribution in [2.75, 3.05) is 33.0 Å². The van der Waals surface area contributed by atoms with Gasteiger partial charge in [-0.15, -0.1) is 0 Å². The molecule has 0 bridgehead atoms. The van der Waals surface area contributed by atoms with Gasteiger partial charge in [-0.1, -0.05) is 0 Å². The Morgan fingerprint density at radius 1 is 1.17 bits per heavy atom. The van der Waals surface area contributed by atoms with E-state index in [1.54, 1.807) is 0 Å². The summed E-state index contributed by atoms with van der Waals surface area (Å²) >= 11 is 0. The minimum absolute atomic E-state index is 0.344. The average Bonchev–Trinajstić information content (AvgIpc) is 2.03. The Kier molecular flexibility index (Phi) is 2.35. The molecule has 0 spiro atoms. The molecule has 0 atom stereocenters. The molecule has 3 nitrogen and oxygen atoms in total. The highest BCUT2D eigenvalue weighted by molar-refractivity contribution is 4.92. The summed E-state index contributed by atoms with van der Waals surface area (Å²) in [6.07, 6.45) is 2.25. The van der Waals surface area contributed by atoms with E-state index in [1.165, 1.54) is 0 Å². The highest BCUT2D eigenvalue weighted by Crippen LogP contribution is 2.40. The molecule has 0 aromatic rings. The topological polar surface area (TPSA) is 44.5 Å². The van der Waals surface area contributed by atoms with Crippen LogP contribution in [0.25, 0.3) is 0 Å². The van der Waals surface area contributed by atoms with Crippen molar-refractivity contribution >= 4 is 0 Å². The van der Waals surface area contributed by atoms with Gasteiger partial charge in [-0.25, -0.2) is 0 Å². The van der Waals surface area contributed by atoms with Gasteiger partial charge < -0.3 is 15.2 Å². The van der Waals surface area contributed by atoms with Gasteiger partial charge in [0.15, 0.2) is 0 Å². The van der Waals surface area contributed by atoms with E-state index in [-0.39, 0.29) is 0 Å². The smallest absolute Gasteiger partial charge is 0.0522 e. The fraction of sp³-hybridized carbons (Fsp3) is 1.00. The van der Waals surface area contributed by atoms with E-state index in [0.717, 1.165) is 45.8 Å². The fourth-order valence-corrected chi connectivity index (χ4v) is 2.15. The van der Waals surface area contributed by atoms with Gasteiger partial charge in [0.1, 0.15) is 0 Å². The van der Waals surface area contributed by atoms with Gasteiger partial charge in [0, 0.05) is 19.1 Å². The number of hydrogen-bond donors (Lipinski definition) is 1. The van der Waals surface area contributed by atoms with Crippen molar-refractivity contribution in [1.82, 2.24) is 0 Å². The van der Waals surface area contributed by atoms with E-state index in [4.69, 9.17) is 15.2 Å². The van der Waals surface area contributed by atoms with Crippen molar-refractivity contribution in [2.24, 2.45) is 17.1 Å². The molecule has 2 heterocycles. The lowest BCUT2D eigenvalue weighted by Crippen LogP contribution is -2.50. The summed E-state index contributed by atoms with van der Waals surface area (Å²) in [7, 11) is 0. The Balaban J connectivity index is 2.00. The highest BCUT2D eigenvalue weighted by Gasteiger charge is 2.42. The molecule has 2 fully saturated rings. The zero-order valence-corrected chi connectivity index (χ0v) is 7.42. The first-order valence-corrected chi connectivity index (χ1v) is 4.73. The largest absolute Gasteiger partial charge is 0.381 e. The van der Waals surface area contributed by atoms with E-state index < -0.39 is 0 Å². The first-order valence-electron chi connectivity index (χ1n) is 4.73. The van der Waals surface area contributed by atoms with Crippen LogP contribution in [0.1, 0.15) is 12.8 Å². The molecule has 0 aromatic heterocycles. The second-order valence-electron chi connectivity index (χ2n) is 3.91. The predicted octanol–water partition coefficient (Wildman–Crippen LogP) is 0.388. The lowest BCUT2D eigenvalue weighted by atomic mass is 9.69. The van der Waals surface area contributed by atoms with Gasteiger partial charge >= 0.3 is 0 Å². The Morgan fingerprint density at radius 3 is 2.25 bits per heavy atom. The zero-order chi connectivity index (χ0) is 8.44. The van der Waals surface area contributed by atoms with Crippen molar-refractivity contribution in [3.8, 4) is 0 Å². The van der Waals surface area contributed by atoms with Gasteiger partial charge in [-0.3, -0.25) is 0 Å². The van der Waals surface area contributed by atoms with Crippen molar-refractivity contribution < 1.29 is 9.47 Å². The lowest BCUT2D eigenvalue weighted by molar-refractivity contribution is -0.128. The van der Waals surface area contributed by atoms with Crippen LogP contribution in [0.3, 0.4) is 0 Å². The summed E-state index contributed by atoms with van der Waals surface area (Å²) in [4.78, 5) is 0. The number of rotatable bonds is 2. The highest BCUT2D eigenvalue weighted by atomic mass is 16.5. The van der Waals surface area contributed by atoms with E-state index in [9.17, 15) is 0 Å². The summed E-state index contributed by atoms with van der Waals surface area (Å²) < 4.78 is 10.6. The van der Waals surface area contributed by atoms with Crippen LogP contribution in [-0.2, 0) is 9.47 Å². The second-order valence-corrected chi connectivity index (χ2v) is 3.91. The van der Waals surface area contributed by atoms with Crippen molar-refractivity contribution in [3.05, 3.63) is 0 Å². The van der Waals surface area contributed by atoms with Gasteiger partial charge in [0.2, 0.25) is 0 Å². The predicted molar refractivity (Wildman–Crippen MR) is 45.8 cm³/mol. The second kappa shape index (κ2) is 3.32. The molecule has 2 N–H and O–H groups in total. The van der Waals surface area contributed by atoms with Crippen LogP contribution < -0.4 is 5.73 Å². The quantitative estimate of drug-likeness (QED) is 0.653. The van der Waals surface area contributed by atoms with E-state index in [0.29, 0.717) is 11.3 Å². The molecular formula is C9H17NO2. The molecule has 2 saturated heterocycles. The van der Waals surface area contributed by atoms with Crippen LogP contribution in [0, 0.1) is 11.3 Å². The molecule has 0 aromatic carbocycles. The first kappa shape index (κ1) is 8.48. The SMILES string of the molecule is NCC1(C2COC2)CCOCC1. The van der Waals surface area contributed by atoms with Gasteiger partial charge in [-0.05, 0) is 24.8 Å². The van der Waals surface area contributed by atoms with Crippen LogP contribution in [-0.4, -0.2) is 33.0 Å². The molecule has 0 aliphatic carbocycles. The third-order valence-electron chi connectivity index (χ3n) is 3.40.